The summed E-state index contributed by atoms with van der Waals surface area (Å²) in [5, 5.41) is 15.0. The molecule has 184 valence electrons. The van der Waals surface area contributed by atoms with Gasteiger partial charge in [0.05, 0.1) is 6.61 Å². The van der Waals surface area contributed by atoms with Crippen LogP contribution in [0.3, 0.4) is 0 Å². The van der Waals surface area contributed by atoms with E-state index >= 15 is 0 Å². The zero-order valence-electron chi connectivity index (χ0n) is 20.5. The van der Waals surface area contributed by atoms with E-state index in [1.54, 1.807) is 25.1 Å². The lowest BCUT2D eigenvalue weighted by molar-refractivity contribution is 0.0938. The van der Waals surface area contributed by atoms with Crippen LogP contribution in [0, 0.1) is 18.2 Å². The number of hydrogen-bond donors (Lipinski definition) is 3. The van der Waals surface area contributed by atoms with Gasteiger partial charge in [-0.2, -0.15) is 4.99 Å². The number of amides is 1. The van der Waals surface area contributed by atoms with E-state index < -0.39 is 12.0 Å². The standard InChI is InChI=1S/C29H29FN4O2/c1-4-36-29-26(33-28(35)21-10-8-9-18(2)17-21)25(20-13-15-22(30)16-14-20)24(19(3)31)27(34-29)32-23-11-6-5-7-12-23/h5-17,25-26,31-32H,4H2,1-3H3,(H,33,35)/t25?,26-/m0/s1. The molecule has 1 aliphatic rings. The van der Waals surface area contributed by atoms with Crippen molar-refractivity contribution < 1.29 is 13.9 Å². The molecule has 4 rings (SSSR count). The Morgan fingerprint density at radius 2 is 1.78 bits per heavy atom. The molecule has 0 aromatic heterocycles. The third-order valence-electron chi connectivity index (χ3n) is 5.92. The molecule has 3 aromatic carbocycles. The largest absolute Gasteiger partial charge is 0.479 e. The highest BCUT2D eigenvalue weighted by Crippen LogP contribution is 2.36. The Bertz CT molecular complexity index is 1320. The van der Waals surface area contributed by atoms with Crippen molar-refractivity contribution in [1.82, 2.24) is 5.32 Å². The molecule has 1 aliphatic heterocycles. The predicted molar refractivity (Wildman–Crippen MR) is 141 cm³/mol. The zero-order valence-corrected chi connectivity index (χ0v) is 20.5. The van der Waals surface area contributed by atoms with Crippen LogP contribution in [0.4, 0.5) is 10.1 Å². The average Bonchev–Trinajstić information content (AvgIpc) is 2.86. The molecule has 36 heavy (non-hydrogen) atoms. The summed E-state index contributed by atoms with van der Waals surface area (Å²) < 4.78 is 19.8. The lowest BCUT2D eigenvalue weighted by atomic mass is 9.80. The molecule has 1 heterocycles. The predicted octanol–water partition coefficient (Wildman–Crippen LogP) is 5.83. The first-order valence-electron chi connectivity index (χ1n) is 11.8. The molecule has 3 N–H and O–H groups in total. The summed E-state index contributed by atoms with van der Waals surface area (Å²) in [7, 11) is 0. The summed E-state index contributed by atoms with van der Waals surface area (Å²) in [5.74, 6) is -0.427. The third-order valence-corrected chi connectivity index (χ3v) is 5.92. The molecule has 3 aromatic rings. The number of benzene rings is 3. The molecule has 0 saturated carbocycles. The minimum Gasteiger partial charge on any atom is -0.479 e. The first-order valence-corrected chi connectivity index (χ1v) is 11.8. The van der Waals surface area contributed by atoms with E-state index in [1.165, 1.54) is 12.1 Å². The van der Waals surface area contributed by atoms with Gasteiger partial charge in [0, 0.05) is 28.5 Å². The lowest BCUT2D eigenvalue weighted by Crippen LogP contribution is -2.49. The van der Waals surface area contributed by atoms with Crippen LogP contribution in [0.15, 0.2) is 95.2 Å². The number of rotatable bonds is 7. The Morgan fingerprint density at radius 3 is 2.42 bits per heavy atom. The van der Waals surface area contributed by atoms with Crippen molar-refractivity contribution in [3.8, 4) is 0 Å². The molecule has 1 unspecified atom stereocenters. The van der Waals surface area contributed by atoms with Crippen LogP contribution in [0.5, 0.6) is 0 Å². The van der Waals surface area contributed by atoms with Crippen LogP contribution < -0.4 is 10.6 Å². The summed E-state index contributed by atoms with van der Waals surface area (Å²) in [6, 6.07) is 22.2. The molecular formula is C29H29FN4O2. The summed E-state index contributed by atoms with van der Waals surface area (Å²) in [6.07, 6.45) is 0. The lowest BCUT2D eigenvalue weighted by Gasteiger charge is -2.35. The Hall–Kier alpha value is -4.26. The van der Waals surface area contributed by atoms with Crippen LogP contribution in [0.2, 0.25) is 0 Å². The minimum atomic E-state index is -0.708. The molecule has 0 fully saturated rings. The highest BCUT2D eigenvalue weighted by molar-refractivity contribution is 6.04. The molecule has 0 spiro atoms. The van der Waals surface area contributed by atoms with Crippen LogP contribution >= 0.6 is 0 Å². The van der Waals surface area contributed by atoms with Crippen molar-refractivity contribution in [3.05, 3.63) is 113 Å². The molecule has 0 radical (unpaired) electrons. The summed E-state index contributed by atoms with van der Waals surface area (Å²) in [4.78, 5) is 18.1. The van der Waals surface area contributed by atoms with Gasteiger partial charge >= 0.3 is 0 Å². The topological polar surface area (TPSA) is 86.6 Å². The van der Waals surface area contributed by atoms with E-state index in [1.807, 2.05) is 62.4 Å². The molecule has 7 heteroatoms. The monoisotopic (exact) mass is 484 g/mol. The molecule has 1 amide bonds. The number of aryl methyl sites for hydroxylation is 1. The number of carbonyl (C=O) groups is 1. The fourth-order valence-corrected chi connectivity index (χ4v) is 4.32. The fraction of sp³-hybridized carbons (Fsp3) is 0.207. The van der Waals surface area contributed by atoms with Gasteiger partial charge in [-0.3, -0.25) is 4.79 Å². The SMILES string of the molecule is CCOC1=NC(Nc2ccccc2)=C(C(C)=N)C(c2ccc(F)cc2)[C@@H]1NC(=O)c1cccc(C)c1. The van der Waals surface area contributed by atoms with Gasteiger partial charge < -0.3 is 20.8 Å². The van der Waals surface area contributed by atoms with Gasteiger partial charge in [-0.05, 0) is 62.7 Å². The average molecular weight is 485 g/mol. The fourth-order valence-electron chi connectivity index (χ4n) is 4.32. The quantitative estimate of drug-likeness (QED) is 0.369. The van der Waals surface area contributed by atoms with Gasteiger partial charge in [0.1, 0.15) is 17.7 Å². The van der Waals surface area contributed by atoms with Gasteiger partial charge in [0.25, 0.3) is 5.91 Å². The number of hydrogen-bond acceptors (Lipinski definition) is 5. The normalized spacial score (nSPS) is 17.3. The number of carbonyl (C=O) groups excluding carboxylic acids is 1. The Kier molecular flexibility index (Phi) is 7.59. The van der Waals surface area contributed by atoms with Gasteiger partial charge in [-0.1, -0.05) is 48.0 Å². The Labute approximate surface area is 210 Å². The first-order chi connectivity index (χ1) is 17.4. The number of nitrogens with zero attached hydrogens (tertiary/aromatic N) is 1. The van der Waals surface area contributed by atoms with Crippen LogP contribution in [0.1, 0.15) is 41.3 Å². The number of anilines is 1. The van der Waals surface area contributed by atoms with E-state index in [-0.39, 0.29) is 17.4 Å². The highest BCUT2D eigenvalue weighted by atomic mass is 19.1. The molecule has 0 bridgehead atoms. The van der Waals surface area contributed by atoms with Crippen LogP contribution in [-0.2, 0) is 4.74 Å². The Balaban J connectivity index is 1.84. The van der Waals surface area contributed by atoms with E-state index in [4.69, 9.17) is 15.1 Å². The smallest absolute Gasteiger partial charge is 0.251 e. The molecule has 6 nitrogen and oxygen atoms in total. The highest BCUT2D eigenvalue weighted by Gasteiger charge is 2.39. The van der Waals surface area contributed by atoms with Crippen molar-refractivity contribution in [2.75, 3.05) is 11.9 Å². The number of aliphatic imine (C=N–C) groups is 1. The van der Waals surface area contributed by atoms with Crippen LogP contribution in [0.25, 0.3) is 0 Å². The van der Waals surface area contributed by atoms with Crippen molar-refractivity contribution in [1.29, 1.82) is 5.41 Å². The van der Waals surface area contributed by atoms with Crippen LogP contribution in [-0.4, -0.2) is 30.2 Å². The van der Waals surface area contributed by atoms with Crippen molar-refractivity contribution in [2.45, 2.75) is 32.7 Å². The Morgan fingerprint density at radius 1 is 1.06 bits per heavy atom. The van der Waals surface area contributed by atoms with Gasteiger partial charge in [0.2, 0.25) is 5.90 Å². The second kappa shape index (κ2) is 11.0. The number of ether oxygens (including phenoxy) is 1. The van der Waals surface area contributed by atoms with Gasteiger partial charge in [-0.25, -0.2) is 4.39 Å². The molecule has 0 aliphatic carbocycles. The van der Waals surface area contributed by atoms with Crippen molar-refractivity contribution in [3.63, 3.8) is 0 Å². The first kappa shape index (κ1) is 24.9. The zero-order chi connectivity index (χ0) is 25.7. The number of halogens is 1. The maximum absolute atomic E-state index is 13.9. The summed E-state index contributed by atoms with van der Waals surface area (Å²) >= 11 is 0. The molecular weight excluding hydrogens is 455 g/mol. The van der Waals surface area contributed by atoms with E-state index in [0.29, 0.717) is 29.5 Å². The number of nitrogens with one attached hydrogen (secondary N) is 3. The third kappa shape index (κ3) is 5.51. The van der Waals surface area contributed by atoms with E-state index in [2.05, 4.69) is 10.6 Å². The van der Waals surface area contributed by atoms with Gasteiger partial charge in [-0.15, -0.1) is 0 Å². The summed E-state index contributed by atoms with van der Waals surface area (Å²) in [5.41, 5.74) is 3.86. The molecule has 2 atom stereocenters. The molecule has 0 saturated heterocycles. The second-order valence-corrected chi connectivity index (χ2v) is 8.61. The van der Waals surface area contributed by atoms with Crippen molar-refractivity contribution in [2.24, 2.45) is 4.99 Å². The second-order valence-electron chi connectivity index (χ2n) is 8.61. The number of para-hydroxylation sites is 1. The summed E-state index contributed by atoms with van der Waals surface area (Å²) in [6.45, 7) is 5.79. The van der Waals surface area contributed by atoms with Crippen molar-refractivity contribution >= 4 is 23.2 Å². The minimum absolute atomic E-state index is 0.275. The van der Waals surface area contributed by atoms with Gasteiger partial charge in [0.15, 0.2) is 0 Å². The maximum atomic E-state index is 13.9. The maximum Gasteiger partial charge on any atom is 0.251 e. The van der Waals surface area contributed by atoms with E-state index in [0.717, 1.165) is 16.8 Å². The van der Waals surface area contributed by atoms with E-state index in [9.17, 15) is 9.18 Å².